The molecule has 0 fully saturated rings. The van der Waals surface area contributed by atoms with E-state index >= 15 is 0 Å². The fraction of sp³-hybridized carbons (Fsp3) is 0.389. The zero-order chi connectivity index (χ0) is 23.3. The van der Waals surface area contributed by atoms with Crippen LogP contribution in [-0.2, 0) is 35.5 Å². The lowest BCUT2D eigenvalue weighted by atomic mass is 10.1. The minimum absolute atomic E-state index is 0.0327. The molecule has 14 heteroatoms. The van der Waals surface area contributed by atoms with Gasteiger partial charge in [0.1, 0.15) is 23.0 Å². The molecule has 2 aromatic heterocycles. The van der Waals surface area contributed by atoms with Crippen LogP contribution >= 0.6 is 0 Å². The molecule has 4 rings (SSSR count). The number of anilines is 1. The van der Waals surface area contributed by atoms with Gasteiger partial charge in [0, 0.05) is 11.3 Å². The molecule has 0 saturated carbocycles. The summed E-state index contributed by atoms with van der Waals surface area (Å²) >= 11 is 0. The van der Waals surface area contributed by atoms with Crippen molar-refractivity contribution in [3.63, 3.8) is 0 Å². The number of nitrogens with two attached hydrogens (primary N) is 1. The van der Waals surface area contributed by atoms with Crippen molar-refractivity contribution in [3.05, 3.63) is 40.5 Å². The highest BCUT2D eigenvalue weighted by Crippen LogP contribution is 2.39. The van der Waals surface area contributed by atoms with Gasteiger partial charge in [0.25, 0.3) is 0 Å². The van der Waals surface area contributed by atoms with Crippen LogP contribution < -0.4 is 15.2 Å². The number of carbonyl (C=O) groups is 1. The number of alkyl halides is 3. The second kappa shape index (κ2) is 7.78. The molecule has 0 spiro atoms. The lowest BCUT2D eigenvalue weighted by Gasteiger charge is -2.17. The van der Waals surface area contributed by atoms with Gasteiger partial charge in [-0.2, -0.15) is 18.3 Å². The number of aryl methyl sites for hydroxylation is 1. The molecule has 2 aliphatic rings. The van der Waals surface area contributed by atoms with Crippen molar-refractivity contribution in [2.75, 3.05) is 11.9 Å². The summed E-state index contributed by atoms with van der Waals surface area (Å²) in [5, 5.41) is 21.7. The summed E-state index contributed by atoms with van der Waals surface area (Å²) in [7, 11) is -3.86. The summed E-state index contributed by atoms with van der Waals surface area (Å²) in [4.78, 5) is 16.1. The molecule has 1 unspecified atom stereocenters. The van der Waals surface area contributed by atoms with E-state index in [0.717, 1.165) is 6.20 Å². The first-order valence-corrected chi connectivity index (χ1v) is 11.1. The van der Waals surface area contributed by atoms with E-state index in [1.807, 2.05) is 0 Å². The topological polar surface area (TPSA) is 145 Å². The van der Waals surface area contributed by atoms with E-state index in [4.69, 9.17) is 9.88 Å². The van der Waals surface area contributed by atoms with Crippen molar-refractivity contribution in [2.45, 2.75) is 43.8 Å². The standard InChI is InChI=1S/C18H19F3N6O4S/c1-9-14(11-3-2-4-12(11)24-15(9)18(19,20)21)25-17(29)26-32(22,30)13-7-23-27-6-5-10(28)8-31-16(13)27/h5,7,28H,2-4,6,8H2,1H3,(H3,22,24,25,26,29,30). The molecule has 10 nitrogen and oxygen atoms in total. The monoisotopic (exact) mass is 472 g/mol. The Hall–Kier alpha value is -3.13. The first-order valence-electron chi connectivity index (χ1n) is 9.49. The summed E-state index contributed by atoms with van der Waals surface area (Å²) in [6.45, 7) is 1.10. The summed E-state index contributed by atoms with van der Waals surface area (Å²) in [6, 6.07) is -1.18. The molecular formula is C18H19F3N6O4S. The molecule has 0 bridgehead atoms. The van der Waals surface area contributed by atoms with Gasteiger partial charge in [-0.3, -0.25) is 0 Å². The third-order valence-corrected chi connectivity index (χ3v) is 6.46. The molecule has 0 aromatic carbocycles. The van der Waals surface area contributed by atoms with E-state index < -0.39 is 27.8 Å². The number of nitrogens with one attached hydrogen (secondary N) is 1. The second-order valence-electron chi connectivity index (χ2n) is 7.31. The number of aromatic nitrogens is 3. The smallest absolute Gasteiger partial charge is 0.433 e. The third-order valence-electron chi connectivity index (χ3n) is 5.12. The van der Waals surface area contributed by atoms with E-state index in [1.54, 1.807) is 0 Å². The summed E-state index contributed by atoms with van der Waals surface area (Å²) in [5.74, 6) is -0.100. The largest absolute Gasteiger partial charge is 0.509 e. The van der Waals surface area contributed by atoms with Crippen molar-refractivity contribution < 1.29 is 32.0 Å². The number of nitrogens with zero attached hydrogens (tertiary/aromatic N) is 4. The Balaban J connectivity index is 1.69. The van der Waals surface area contributed by atoms with E-state index in [-0.39, 0.29) is 46.6 Å². The highest BCUT2D eigenvalue weighted by molar-refractivity contribution is 7.91. The predicted octanol–water partition coefficient (Wildman–Crippen LogP) is 2.86. The van der Waals surface area contributed by atoms with Crippen LogP contribution in [0.25, 0.3) is 0 Å². The van der Waals surface area contributed by atoms with Gasteiger partial charge in [0.15, 0.2) is 9.92 Å². The number of halogens is 3. The van der Waals surface area contributed by atoms with Crippen molar-refractivity contribution in [2.24, 2.45) is 9.50 Å². The number of rotatable bonds is 2. The Kier molecular flexibility index (Phi) is 5.36. The van der Waals surface area contributed by atoms with Crippen molar-refractivity contribution in [1.82, 2.24) is 14.8 Å². The van der Waals surface area contributed by atoms with Gasteiger partial charge >= 0.3 is 12.2 Å². The van der Waals surface area contributed by atoms with Crippen molar-refractivity contribution in [3.8, 4) is 5.88 Å². The van der Waals surface area contributed by atoms with Crippen LogP contribution in [0.5, 0.6) is 5.88 Å². The SMILES string of the molecule is Cc1c(C(F)(F)F)nc2c(c1NC(=O)N=S(N)(=O)c1cnn3c1OCC(O)=CC3)CCC2. The fourth-order valence-corrected chi connectivity index (χ4v) is 4.66. The van der Waals surface area contributed by atoms with Gasteiger partial charge in [0.05, 0.1) is 18.4 Å². The maximum Gasteiger partial charge on any atom is 0.433 e. The highest BCUT2D eigenvalue weighted by Gasteiger charge is 2.38. The number of hydrogen-bond donors (Lipinski definition) is 3. The van der Waals surface area contributed by atoms with E-state index in [1.165, 1.54) is 17.7 Å². The molecule has 4 N–H and O–H groups in total. The van der Waals surface area contributed by atoms with E-state index in [9.17, 15) is 27.3 Å². The Morgan fingerprint density at radius 2 is 2.16 bits per heavy atom. The molecule has 0 saturated heterocycles. The normalized spacial score (nSPS) is 17.3. The first-order chi connectivity index (χ1) is 15.0. The maximum atomic E-state index is 13.4. The number of aliphatic hydroxyl groups is 1. The van der Waals surface area contributed by atoms with Crippen LogP contribution in [-0.4, -0.2) is 36.7 Å². The third kappa shape index (κ3) is 4.02. The molecule has 3 heterocycles. The molecule has 172 valence electrons. The maximum absolute atomic E-state index is 13.4. The minimum Gasteiger partial charge on any atom is -0.509 e. The molecule has 1 aliphatic heterocycles. The van der Waals surface area contributed by atoms with Gasteiger partial charge in [-0.1, -0.05) is 0 Å². The van der Waals surface area contributed by atoms with Gasteiger partial charge < -0.3 is 15.2 Å². The first kappa shape index (κ1) is 22.1. The van der Waals surface area contributed by atoms with E-state index in [0.29, 0.717) is 24.8 Å². The van der Waals surface area contributed by atoms with Crippen LogP contribution in [0, 0.1) is 6.92 Å². The predicted molar refractivity (Wildman–Crippen MR) is 106 cm³/mol. The number of ether oxygens (including phenoxy) is 1. The Morgan fingerprint density at radius 1 is 1.41 bits per heavy atom. The quantitative estimate of drug-likeness (QED) is 0.613. The zero-order valence-electron chi connectivity index (χ0n) is 16.8. The number of hydrogen-bond acceptors (Lipinski definition) is 6. The molecule has 0 radical (unpaired) electrons. The van der Waals surface area contributed by atoms with Crippen LogP contribution in [0.1, 0.15) is 28.9 Å². The highest BCUT2D eigenvalue weighted by atomic mass is 32.2. The Morgan fingerprint density at radius 3 is 2.88 bits per heavy atom. The molecule has 32 heavy (non-hydrogen) atoms. The van der Waals surface area contributed by atoms with Crippen LogP contribution in [0.15, 0.2) is 27.3 Å². The average molecular weight is 472 g/mol. The molecule has 2 amide bonds. The van der Waals surface area contributed by atoms with Gasteiger partial charge in [-0.05, 0) is 37.8 Å². The minimum atomic E-state index is -4.70. The summed E-state index contributed by atoms with van der Waals surface area (Å²) in [6.07, 6.45) is -0.754. The molecule has 2 aromatic rings. The summed E-state index contributed by atoms with van der Waals surface area (Å²) < 4.78 is 63.3. The average Bonchev–Trinajstić information content (AvgIpc) is 3.28. The number of amides is 2. The number of pyridine rings is 1. The number of aliphatic hydroxyl groups excluding tert-OH is 1. The van der Waals surface area contributed by atoms with Crippen LogP contribution in [0.4, 0.5) is 23.7 Å². The van der Waals surface area contributed by atoms with Gasteiger partial charge in [-0.25, -0.2) is 23.8 Å². The molecule has 1 aliphatic carbocycles. The van der Waals surface area contributed by atoms with Crippen molar-refractivity contribution in [1.29, 1.82) is 0 Å². The van der Waals surface area contributed by atoms with Crippen LogP contribution in [0.3, 0.4) is 0 Å². The Labute approximate surface area is 180 Å². The fourth-order valence-electron chi connectivity index (χ4n) is 3.66. The second-order valence-corrected chi connectivity index (χ2v) is 9.07. The molecular weight excluding hydrogens is 453 g/mol. The lowest BCUT2D eigenvalue weighted by Crippen LogP contribution is -2.21. The van der Waals surface area contributed by atoms with Gasteiger partial charge in [-0.15, -0.1) is 4.36 Å². The lowest BCUT2D eigenvalue weighted by molar-refractivity contribution is -0.141. The number of carbonyl (C=O) groups excluding carboxylic acids is 1. The van der Waals surface area contributed by atoms with E-state index in [2.05, 4.69) is 19.8 Å². The van der Waals surface area contributed by atoms with Crippen molar-refractivity contribution >= 4 is 21.6 Å². The number of urea groups is 1. The summed E-state index contributed by atoms with van der Waals surface area (Å²) in [5.41, 5.74) is -0.650. The Bertz CT molecular complexity index is 1260. The number of allylic oxidation sites excluding steroid dienone is 1. The van der Waals surface area contributed by atoms with Gasteiger partial charge in [0.2, 0.25) is 5.88 Å². The zero-order valence-corrected chi connectivity index (χ0v) is 17.6. The van der Waals surface area contributed by atoms with Crippen LogP contribution in [0.2, 0.25) is 0 Å². The molecule has 1 atom stereocenters. The number of fused-ring (bicyclic) bond motifs is 2.